The second-order valence-electron chi connectivity index (χ2n) is 9.86. The van der Waals surface area contributed by atoms with Crippen molar-refractivity contribution >= 4 is 40.1 Å². The van der Waals surface area contributed by atoms with E-state index in [1.807, 2.05) is 24.3 Å². The third-order valence-corrected chi connectivity index (χ3v) is 6.98. The molecule has 0 aliphatic carbocycles. The van der Waals surface area contributed by atoms with Gasteiger partial charge in [0.2, 0.25) is 5.95 Å². The molecule has 33 heavy (non-hydrogen) atoms. The minimum absolute atomic E-state index is 0.175. The number of piperidine rings is 1. The molecule has 1 atom stereocenters. The lowest BCUT2D eigenvalue weighted by molar-refractivity contribution is -0.129. The fourth-order valence-electron chi connectivity index (χ4n) is 5.13. The van der Waals surface area contributed by atoms with Crippen LogP contribution in [0.5, 0.6) is 5.75 Å². The second-order valence-corrected chi connectivity index (χ2v) is 9.86. The minimum atomic E-state index is -0.896. The SMILES string of the molecule is CC1(C)Oc2ccc(Nc3nc(N4CCC5(CCCNC5)C4)c4occc4n3)cc2NC1=O. The lowest BCUT2D eigenvalue weighted by atomic mass is 9.80. The van der Waals surface area contributed by atoms with Crippen LogP contribution in [0.1, 0.15) is 33.1 Å². The Morgan fingerprint density at radius 3 is 2.94 bits per heavy atom. The van der Waals surface area contributed by atoms with E-state index in [-0.39, 0.29) is 5.91 Å². The van der Waals surface area contributed by atoms with Gasteiger partial charge in [-0.25, -0.2) is 4.98 Å². The number of anilines is 4. The van der Waals surface area contributed by atoms with Crippen LogP contribution in [-0.4, -0.2) is 47.7 Å². The van der Waals surface area contributed by atoms with Crippen LogP contribution in [0.25, 0.3) is 11.1 Å². The zero-order chi connectivity index (χ0) is 22.6. The number of benzene rings is 1. The van der Waals surface area contributed by atoms with Crippen molar-refractivity contribution in [1.29, 1.82) is 0 Å². The van der Waals surface area contributed by atoms with Gasteiger partial charge in [-0.05, 0) is 57.9 Å². The van der Waals surface area contributed by atoms with E-state index in [1.54, 1.807) is 20.1 Å². The van der Waals surface area contributed by atoms with E-state index in [0.29, 0.717) is 22.8 Å². The predicted molar refractivity (Wildman–Crippen MR) is 126 cm³/mol. The number of hydrogen-bond donors (Lipinski definition) is 3. The number of nitrogens with one attached hydrogen (secondary N) is 3. The molecular formula is C24H28N6O3. The maximum absolute atomic E-state index is 12.3. The summed E-state index contributed by atoms with van der Waals surface area (Å²) in [4.78, 5) is 24.1. The quantitative estimate of drug-likeness (QED) is 0.558. The van der Waals surface area contributed by atoms with Gasteiger partial charge in [-0.2, -0.15) is 4.98 Å². The number of nitrogens with zero attached hydrogens (tertiary/aromatic N) is 3. The molecule has 2 saturated heterocycles. The molecule has 0 bridgehead atoms. The molecule has 1 aromatic carbocycles. The van der Waals surface area contributed by atoms with Crippen molar-refractivity contribution in [1.82, 2.24) is 15.3 Å². The molecule has 9 heteroatoms. The molecule has 1 unspecified atom stereocenters. The van der Waals surface area contributed by atoms with Gasteiger partial charge in [0.15, 0.2) is 17.0 Å². The zero-order valence-corrected chi connectivity index (χ0v) is 18.9. The summed E-state index contributed by atoms with van der Waals surface area (Å²) in [5.74, 6) is 1.78. The summed E-state index contributed by atoms with van der Waals surface area (Å²) in [6, 6.07) is 7.44. The zero-order valence-electron chi connectivity index (χ0n) is 18.9. The van der Waals surface area contributed by atoms with E-state index in [9.17, 15) is 4.79 Å². The summed E-state index contributed by atoms with van der Waals surface area (Å²) < 4.78 is 11.6. The highest BCUT2D eigenvalue weighted by Gasteiger charge is 2.40. The number of fused-ring (bicyclic) bond motifs is 2. The number of amides is 1. The molecule has 3 aliphatic rings. The maximum Gasteiger partial charge on any atom is 0.268 e. The van der Waals surface area contributed by atoms with Crippen molar-refractivity contribution in [3.05, 3.63) is 30.5 Å². The van der Waals surface area contributed by atoms with Gasteiger partial charge in [0.05, 0.1) is 12.0 Å². The van der Waals surface area contributed by atoms with Crippen molar-refractivity contribution in [3.63, 3.8) is 0 Å². The maximum atomic E-state index is 12.3. The summed E-state index contributed by atoms with van der Waals surface area (Å²) in [6.07, 6.45) is 5.27. The third kappa shape index (κ3) is 3.56. The minimum Gasteiger partial charge on any atom is -0.476 e. The van der Waals surface area contributed by atoms with Gasteiger partial charge in [-0.1, -0.05) is 0 Å². The topological polar surface area (TPSA) is 105 Å². The molecule has 1 spiro atoms. The van der Waals surface area contributed by atoms with Crippen molar-refractivity contribution in [3.8, 4) is 5.75 Å². The Labute approximate surface area is 191 Å². The first kappa shape index (κ1) is 20.3. The number of carbonyl (C=O) groups is 1. The van der Waals surface area contributed by atoms with E-state index in [1.165, 1.54) is 12.8 Å². The first-order chi connectivity index (χ1) is 15.9. The van der Waals surface area contributed by atoms with Crippen molar-refractivity contribution in [2.45, 2.75) is 38.7 Å². The molecule has 0 radical (unpaired) electrons. The van der Waals surface area contributed by atoms with E-state index in [2.05, 4.69) is 25.8 Å². The van der Waals surface area contributed by atoms with Crippen LogP contribution in [0.3, 0.4) is 0 Å². The number of carbonyl (C=O) groups excluding carboxylic acids is 1. The molecule has 172 valence electrons. The number of aromatic nitrogens is 2. The van der Waals surface area contributed by atoms with E-state index >= 15 is 0 Å². The van der Waals surface area contributed by atoms with Crippen LogP contribution in [0.2, 0.25) is 0 Å². The highest BCUT2D eigenvalue weighted by Crippen LogP contribution is 2.40. The lowest BCUT2D eigenvalue weighted by Gasteiger charge is -2.33. The van der Waals surface area contributed by atoms with Crippen LogP contribution in [0.4, 0.5) is 23.1 Å². The van der Waals surface area contributed by atoms with Crippen molar-refractivity contribution in [2.24, 2.45) is 5.41 Å². The number of rotatable bonds is 3. The monoisotopic (exact) mass is 448 g/mol. The van der Waals surface area contributed by atoms with E-state index in [4.69, 9.17) is 14.1 Å². The lowest BCUT2D eigenvalue weighted by Crippen LogP contribution is -2.45. The number of furan rings is 1. The van der Waals surface area contributed by atoms with Crippen molar-refractivity contribution in [2.75, 3.05) is 41.7 Å². The van der Waals surface area contributed by atoms with Crippen molar-refractivity contribution < 1.29 is 13.9 Å². The van der Waals surface area contributed by atoms with Crippen LogP contribution in [0, 0.1) is 5.41 Å². The van der Waals surface area contributed by atoms with Gasteiger partial charge < -0.3 is 30.0 Å². The van der Waals surface area contributed by atoms with Gasteiger partial charge in [0, 0.05) is 36.8 Å². The molecule has 3 aliphatic heterocycles. The molecular weight excluding hydrogens is 420 g/mol. The van der Waals surface area contributed by atoms with Gasteiger partial charge >= 0.3 is 0 Å². The normalized spacial score (nSPS) is 23.9. The Morgan fingerprint density at radius 2 is 2.09 bits per heavy atom. The second kappa shape index (κ2) is 7.34. The summed E-state index contributed by atoms with van der Waals surface area (Å²) in [7, 11) is 0. The highest BCUT2D eigenvalue weighted by atomic mass is 16.5. The number of ether oxygens (including phenoxy) is 1. The molecule has 1 amide bonds. The first-order valence-corrected chi connectivity index (χ1v) is 11.5. The third-order valence-electron chi connectivity index (χ3n) is 6.98. The molecule has 5 heterocycles. The summed E-state index contributed by atoms with van der Waals surface area (Å²) >= 11 is 0. The summed E-state index contributed by atoms with van der Waals surface area (Å²) in [5, 5.41) is 9.78. The van der Waals surface area contributed by atoms with E-state index < -0.39 is 5.60 Å². The Morgan fingerprint density at radius 1 is 1.18 bits per heavy atom. The van der Waals surface area contributed by atoms with Gasteiger partial charge in [0.1, 0.15) is 11.3 Å². The fourth-order valence-corrected chi connectivity index (χ4v) is 5.13. The molecule has 2 fully saturated rings. The molecule has 0 saturated carbocycles. The highest BCUT2D eigenvalue weighted by molar-refractivity contribution is 6.00. The molecule has 9 nitrogen and oxygen atoms in total. The largest absolute Gasteiger partial charge is 0.476 e. The fraction of sp³-hybridized carbons (Fsp3) is 0.458. The predicted octanol–water partition coefficient (Wildman–Crippen LogP) is 3.66. The number of hydrogen-bond acceptors (Lipinski definition) is 8. The molecule has 2 aromatic heterocycles. The Hall–Kier alpha value is -3.33. The van der Waals surface area contributed by atoms with Crippen LogP contribution in [0.15, 0.2) is 34.9 Å². The Kier molecular flexibility index (Phi) is 4.52. The summed E-state index contributed by atoms with van der Waals surface area (Å²) in [6.45, 7) is 7.57. The smallest absolute Gasteiger partial charge is 0.268 e. The molecule has 3 N–H and O–H groups in total. The first-order valence-electron chi connectivity index (χ1n) is 11.5. The van der Waals surface area contributed by atoms with Gasteiger partial charge in [0.25, 0.3) is 5.91 Å². The van der Waals surface area contributed by atoms with Crippen LogP contribution in [-0.2, 0) is 4.79 Å². The van der Waals surface area contributed by atoms with Gasteiger partial charge in [-0.3, -0.25) is 4.79 Å². The van der Waals surface area contributed by atoms with Crippen LogP contribution >= 0.6 is 0 Å². The average Bonchev–Trinajstić information content (AvgIpc) is 3.42. The summed E-state index contributed by atoms with van der Waals surface area (Å²) in [5.41, 5.74) is 2.28. The Bertz CT molecular complexity index is 1230. The molecule has 6 rings (SSSR count). The van der Waals surface area contributed by atoms with E-state index in [0.717, 1.165) is 55.2 Å². The molecule has 3 aromatic rings. The Balaban J connectivity index is 1.29. The van der Waals surface area contributed by atoms with Crippen LogP contribution < -0.4 is 25.6 Å². The standard InChI is InChI=1S/C24H28N6O3/c1-23(2)21(31)27-17-12-15(4-5-18(17)33-23)26-22-28-16-6-11-32-19(16)20(29-22)30-10-8-24(14-30)7-3-9-25-13-24/h4-6,11-12,25H,3,7-10,13-14H2,1-2H3,(H,27,31)(H,26,28,29). The van der Waals surface area contributed by atoms with Gasteiger partial charge in [-0.15, -0.1) is 0 Å². The average molecular weight is 449 g/mol.